The first kappa shape index (κ1) is 30.3. The summed E-state index contributed by atoms with van der Waals surface area (Å²) >= 11 is 0. The highest BCUT2D eigenvalue weighted by atomic mass is 16.5. The molecule has 4 atom stereocenters. The third kappa shape index (κ3) is 5.75. The number of nitrogens with zero attached hydrogens (tertiary/aromatic N) is 4. The van der Waals surface area contributed by atoms with Crippen LogP contribution in [0.2, 0.25) is 0 Å². The van der Waals surface area contributed by atoms with Crippen LogP contribution in [-0.4, -0.2) is 70.4 Å². The Kier molecular flexibility index (Phi) is 8.58. The Labute approximate surface area is 252 Å². The molecule has 4 amide bonds. The van der Waals surface area contributed by atoms with Crippen LogP contribution in [0, 0.1) is 25.3 Å². The molecule has 1 spiro atoms. The maximum absolute atomic E-state index is 14.3. The van der Waals surface area contributed by atoms with Gasteiger partial charge in [-0.1, -0.05) is 56.5 Å². The van der Waals surface area contributed by atoms with Gasteiger partial charge in [0.15, 0.2) is 5.69 Å². The van der Waals surface area contributed by atoms with Crippen molar-refractivity contribution in [3.63, 3.8) is 0 Å². The number of rotatable bonds is 8. The van der Waals surface area contributed by atoms with Crippen LogP contribution >= 0.6 is 0 Å². The summed E-state index contributed by atoms with van der Waals surface area (Å²) in [5.74, 6) is -0.963. The van der Waals surface area contributed by atoms with Crippen molar-refractivity contribution in [2.45, 2.75) is 89.4 Å². The van der Waals surface area contributed by atoms with Crippen molar-refractivity contribution >= 4 is 29.3 Å². The van der Waals surface area contributed by atoms with Crippen LogP contribution < -0.4 is 10.6 Å². The van der Waals surface area contributed by atoms with Gasteiger partial charge in [-0.15, -0.1) is 0 Å². The number of likely N-dealkylation sites (tertiary alicyclic amines) is 1. The van der Waals surface area contributed by atoms with Gasteiger partial charge in [-0.25, -0.2) is 6.57 Å². The zero-order valence-electron chi connectivity index (χ0n) is 25.3. The summed E-state index contributed by atoms with van der Waals surface area (Å²) in [4.78, 5) is 61.7. The molecule has 2 aliphatic heterocycles. The fraction of sp³-hybridized carbons (Fsp3) is 0.562. The van der Waals surface area contributed by atoms with Crippen LogP contribution in [0.4, 0.5) is 5.69 Å². The Morgan fingerprint density at radius 1 is 1.23 bits per heavy atom. The number of fused-ring (bicyclic) bond motifs is 2. The SMILES string of the molecule is [C-]#[N+][C@@H]1C[C@@]2(CN1C(=O)[C@H](CC(C)C)N(C)C(=O)[C@@H](NC(=O)c1cc(C)on1)C1CCCCC1)C(=O)Nc1ccccc12. The van der Waals surface area contributed by atoms with Crippen molar-refractivity contribution in [3.05, 3.63) is 58.8 Å². The second-order valence-corrected chi connectivity index (χ2v) is 12.6. The highest BCUT2D eigenvalue weighted by molar-refractivity contribution is 6.07. The van der Waals surface area contributed by atoms with Crippen molar-refractivity contribution in [3.8, 4) is 0 Å². The Bertz CT molecular complexity index is 1440. The number of aromatic nitrogens is 1. The van der Waals surface area contributed by atoms with E-state index in [1.54, 1.807) is 14.0 Å². The topological polar surface area (TPSA) is 129 Å². The molecule has 43 heavy (non-hydrogen) atoms. The number of carbonyl (C=O) groups is 4. The summed E-state index contributed by atoms with van der Waals surface area (Å²) in [6.45, 7) is 13.6. The molecule has 1 aliphatic carbocycles. The lowest BCUT2D eigenvalue weighted by Gasteiger charge is -2.37. The van der Waals surface area contributed by atoms with E-state index in [2.05, 4.69) is 20.6 Å². The molecule has 2 N–H and O–H groups in total. The van der Waals surface area contributed by atoms with E-state index in [1.807, 2.05) is 38.1 Å². The maximum Gasteiger partial charge on any atom is 0.302 e. The molecule has 5 rings (SSSR count). The first-order valence-corrected chi connectivity index (χ1v) is 15.1. The van der Waals surface area contributed by atoms with Crippen molar-refractivity contribution in [2.75, 3.05) is 18.9 Å². The largest absolute Gasteiger partial charge is 0.361 e. The average molecular weight is 589 g/mol. The number of hydrogen-bond donors (Lipinski definition) is 2. The minimum absolute atomic E-state index is 0.0588. The van der Waals surface area contributed by atoms with Gasteiger partial charge < -0.3 is 20.1 Å². The van der Waals surface area contributed by atoms with Gasteiger partial charge in [0, 0.05) is 25.3 Å². The van der Waals surface area contributed by atoms with Gasteiger partial charge in [-0.2, -0.15) is 0 Å². The summed E-state index contributed by atoms with van der Waals surface area (Å²) in [5, 5.41) is 9.65. The Morgan fingerprint density at radius 2 is 1.95 bits per heavy atom. The van der Waals surface area contributed by atoms with E-state index in [-0.39, 0.29) is 48.2 Å². The number of carbonyl (C=O) groups excluding carboxylic acids is 4. The summed E-state index contributed by atoms with van der Waals surface area (Å²) in [7, 11) is 1.60. The Hall–Kier alpha value is -4.20. The van der Waals surface area contributed by atoms with Crippen LogP contribution in [0.25, 0.3) is 4.85 Å². The lowest BCUT2D eigenvalue weighted by molar-refractivity contribution is -0.147. The molecule has 1 saturated carbocycles. The molecule has 2 fully saturated rings. The molecule has 228 valence electrons. The standard InChI is InChI=1S/C32H40N6O5/c1-19(2)15-25(29(40)38-18-32(17-26(38)33-4)22-13-9-10-14-23(22)34-31(32)42)37(5)30(41)27(21-11-7-6-8-12-21)35-28(39)24-16-20(3)43-36-24/h9-10,13-14,16,19,21,25-27H,6-8,11-12,15,17-18H2,1-3,5H3,(H,34,42)(H,35,39)/t25-,26-,27-,32-/m0/s1. The number of para-hydroxylation sites is 1. The van der Waals surface area contributed by atoms with Crippen molar-refractivity contribution < 1.29 is 23.7 Å². The second-order valence-electron chi connectivity index (χ2n) is 12.6. The molecule has 0 unspecified atom stereocenters. The molecule has 11 nitrogen and oxygen atoms in total. The molecule has 3 heterocycles. The van der Waals surface area contributed by atoms with Crippen molar-refractivity contribution in [1.82, 2.24) is 20.3 Å². The minimum atomic E-state index is -1.01. The Morgan fingerprint density at radius 3 is 2.60 bits per heavy atom. The summed E-state index contributed by atoms with van der Waals surface area (Å²) < 4.78 is 5.07. The van der Waals surface area contributed by atoms with Crippen LogP contribution in [0.3, 0.4) is 0 Å². The quantitative estimate of drug-likeness (QED) is 0.450. The van der Waals surface area contributed by atoms with Crippen LogP contribution in [0.1, 0.15) is 80.6 Å². The van der Waals surface area contributed by atoms with Crippen LogP contribution in [-0.2, 0) is 19.8 Å². The highest BCUT2D eigenvalue weighted by Gasteiger charge is 2.59. The van der Waals surface area contributed by atoms with Gasteiger partial charge >= 0.3 is 6.17 Å². The van der Waals surface area contributed by atoms with Gasteiger partial charge in [-0.05, 0) is 49.7 Å². The van der Waals surface area contributed by atoms with Crippen LogP contribution in [0.5, 0.6) is 0 Å². The number of likely N-dealkylation sites (N-methyl/N-ethyl adjacent to an activating group) is 1. The number of nitrogens with one attached hydrogen (secondary N) is 2. The number of anilines is 1. The molecule has 1 aromatic carbocycles. The second kappa shape index (κ2) is 12.2. The van der Waals surface area contributed by atoms with E-state index in [0.29, 0.717) is 17.9 Å². The number of hydrogen-bond acceptors (Lipinski definition) is 6. The Balaban J connectivity index is 1.42. The zero-order chi connectivity index (χ0) is 30.9. The molecule has 3 aliphatic rings. The molecule has 1 saturated heterocycles. The zero-order valence-corrected chi connectivity index (χ0v) is 25.3. The molecule has 0 bridgehead atoms. The van der Waals surface area contributed by atoms with Crippen molar-refractivity contribution in [1.29, 1.82) is 0 Å². The van der Waals surface area contributed by atoms with Gasteiger partial charge in [0.05, 0.1) is 6.42 Å². The van der Waals surface area contributed by atoms with Crippen LogP contribution in [0.15, 0.2) is 34.9 Å². The van der Waals surface area contributed by atoms with E-state index < -0.39 is 29.6 Å². The van der Waals surface area contributed by atoms with Crippen molar-refractivity contribution in [2.24, 2.45) is 11.8 Å². The average Bonchev–Trinajstić information content (AvgIpc) is 3.69. The lowest BCUT2D eigenvalue weighted by atomic mass is 9.80. The monoisotopic (exact) mass is 588 g/mol. The first-order valence-electron chi connectivity index (χ1n) is 15.1. The fourth-order valence-electron chi connectivity index (χ4n) is 6.93. The van der Waals surface area contributed by atoms with E-state index in [9.17, 15) is 19.2 Å². The molecule has 1 aromatic heterocycles. The number of amides is 4. The van der Waals surface area contributed by atoms with Gasteiger partial charge in [0.2, 0.25) is 11.8 Å². The third-order valence-corrected chi connectivity index (χ3v) is 9.22. The van der Waals surface area contributed by atoms with E-state index in [1.165, 1.54) is 15.9 Å². The lowest BCUT2D eigenvalue weighted by Crippen LogP contribution is -2.58. The number of aryl methyl sites for hydroxylation is 1. The molecule has 2 aromatic rings. The predicted molar refractivity (Wildman–Crippen MR) is 159 cm³/mol. The molecule has 0 radical (unpaired) electrons. The normalized spacial score (nSPS) is 23.0. The fourth-order valence-corrected chi connectivity index (χ4v) is 6.93. The first-order chi connectivity index (χ1) is 20.6. The summed E-state index contributed by atoms with van der Waals surface area (Å²) in [6, 6.07) is 7.21. The molecule has 11 heteroatoms. The number of benzene rings is 1. The summed E-state index contributed by atoms with van der Waals surface area (Å²) in [6.07, 6.45) is 4.27. The third-order valence-electron chi connectivity index (χ3n) is 9.22. The summed E-state index contributed by atoms with van der Waals surface area (Å²) in [5.41, 5.74) is 0.573. The smallest absolute Gasteiger partial charge is 0.302 e. The molecular weight excluding hydrogens is 548 g/mol. The van der Waals surface area contributed by atoms with Gasteiger partial charge in [0.1, 0.15) is 23.3 Å². The van der Waals surface area contributed by atoms with E-state index in [4.69, 9.17) is 11.1 Å². The maximum atomic E-state index is 14.3. The highest BCUT2D eigenvalue weighted by Crippen LogP contribution is 2.47. The van der Waals surface area contributed by atoms with E-state index in [0.717, 1.165) is 37.7 Å². The molecular formula is C32H40N6O5. The van der Waals surface area contributed by atoms with E-state index >= 15 is 0 Å². The van der Waals surface area contributed by atoms with Gasteiger partial charge in [0.25, 0.3) is 11.8 Å². The predicted octanol–water partition coefficient (Wildman–Crippen LogP) is 3.90. The van der Waals surface area contributed by atoms with Gasteiger partial charge in [-0.3, -0.25) is 28.9 Å². The minimum Gasteiger partial charge on any atom is -0.361 e.